The molecule has 2 unspecified atom stereocenters. The van der Waals surface area contributed by atoms with Crippen LogP contribution in [0.3, 0.4) is 0 Å². The van der Waals surface area contributed by atoms with Crippen LogP contribution in [0, 0.1) is 19.8 Å². The molecule has 2 atom stereocenters. The van der Waals surface area contributed by atoms with Crippen molar-refractivity contribution in [1.29, 1.82) is 0 Å². The van der Waals surface area contributed by atoms with Gasteiger partial charge < -0.3 is 4.42 Å². The Morgan fingerprint density at radius 1 is 0.444 bits per heavy atom. The molecule has 0 N–H and O–H groups in total. The fraction of sp³-hybridized carbons (Fsp3) is 0.258. The largest absolute Gasteiger partial charge is 0.456 e. The fourth-order valence-corrected chi connectivity index (χ4v) is 13.4. The monoisotopic (exact) mass is 814 g/mol. The van der Waals surface area contributed by atoms with Crippen molar-refractivity contribution in [1.82, 2.24) is 0 Å². The molecule has 0 saturated heterocycles. The van der Waals surface area contributed by atoms with E-state index in [0.29, 0.717) is 11.8 Å². The third kappa shape index (κ3) is 4.58. The van der Waals surface area contributed by atoms with Gasteiger partial charge in [-0.25, -0.2) is 0 Å². The minimum atomic E-state index is -0.165. The van der Waals surface area contributed by atoms with Gasteiger partial charge in [-0.2, -0.15) is 0 Å². The minimum absolute atomic E-state index is 0.0453. The second kappa shape index (κ2) is 11.9. The van der Waals surface area contributed by atoms with Crippen molar-refractivity contribution in [3.8, 4) is 44.9 Å². The molecule has 1 aromatic heterocycles. The molecule has 0 bridgehead atoms. The maximum Gasteiger partial charge on any atom is 0.138 e. The van der Waals surface area contributed by atoms with Crippen molar-refractivity contribution in [2.45, 2.75) is 96.8 Å². The Morgan fingerprint density at radius 3 is 1.67 bits per heavy atom. The molecule has 5 aliphatic carbocycles. The highest BCUT2D eigenvalue weighted by molar-refractivity contribution is 6.05. The van der Waals surface area contributed by atoms with Crippen LogP contribution in [-0.4, -0.2) is 0 Å². The molecule has 0 radical (unpaired) electrons. The van der Waals surface area contributed by atoms with Gasteiger partial charge in [0, 0.05) is 33.3 Å². The summed E-state index contributed by atoms with van der Waals surface area (Å²) in [5.41, 5.74) is 24.3. The lowest BCUT2D eigenvalue weighted by Gasteiger charge is -2.33. The summed E-state index contributed by atoms with van der Waals surface area (Å²) < 4.78 is 7.09. The van der Waals surface area contributed by atoms with Gasteiger partial charge in [0.05, 0.1) is 0 Å². The zero-order valence-electron chi connectivity index (χ0n) is 38.3. The molecular weight excluding hydrogens is 761 g/mol. The Hall–Kier alpha value is -6.18. The zero-order chi connectivity index (χ0) is 43.3. The normalized spacial score (nSPS) is 20.6. The highest BCUT2D eigenvalue weighted by Gasteiger charge is 2.50. The van der Waals surface area contributed by atoms with Gasteiger partial charge in [-0.3, -0.25) is 0 Å². The molecule has 13 rings (SSSR count). The van der Waals surface area contributed by atoms with Crippen LogP contribution in [-0.2, 0) is 21.7 Å². The molecule has 0 fully saturated rings. The molecule has 8 aromatic rings. The van der Waals surface area contributed by atoms with E-state index in [1.165, 1.54) is 116 Å². The van der Waals surface area contributed by atoms with Gasteiger partial charge >= 0.3 is 0 Å². The number of hydrogen-bond donors (Lipinski definition) is 0. The molecule has 0 amide bonds. The van der Waals surface area contributed by atoms with Gasteiger partial charge in [0.2, 0.25) is 0 Å². The summed E-state index contributed by atoms with van der Waals surface area (Å²) in [6.45, 7) is 23.9. The summed E-state index contributed by atoms with van der Waals surface area (Å²) in [5, 5.41) is 5.34. The van der Waals surface area contributed by atoms with E-state index in [1.54, 1.807) is 0 Å². The van der Waals surface area contributed by atoms with Gasteiger partial charge in [-0.1, -0.05) is 165 Å². The van der Waals surface area contributed by atoms with Crippen LogP contribution in [0.1, 0.15) is 117 Å². The van der Waals surface area contributed by atoms with Crippen molar-refractivity contribution < 1.29 is 4.42 Å². The van der Waals surface area contributed by atoms with E-state index in [2.05, 4.69) is 203 Å². The topological polar surface area (TPSA) is 13.1 Å². The molecule has 0 aliphatic heterocycles. The first-order valence-electron chi connectivity index (χ1n) is 23.2. The SMILES string of the molecule is Cc1c(-c2ccc3c(c2)C(C)(C)c2cc4c(cc2-3)C(C)(C)c2ccc3ccccc3c2-4)oc(-c2ccc3c(c2)C(C)(C)C2C=C4C(=CC32)C(C)(C)c2ccc3ccccc3c24)c1C. The van der Waals surface area contributed by atoms with Crippen molar-refractivity contribution in [3.05, 3.63) is 195 Å². The molecule has 5 aliphatic rings. The predicted octanol–water partition coefficient (Wildman–Crippen LogP) is 16.5. The van der Waals surface area contributed by atoms with E-state index < -0.39 is 0 Å². The van der Waals surface area contributed by atoms with Crippen molar-refractivity contribution in [3.63, 3.8) is 0 Å². The maximum atomic E-state index is 7.09. The number of allylic oxidation sites excluding steroid dienone is 4. The molecule has 1 heteroatoms. The van der Waals surface area contributed by atoms with Crippen LogP contribution >= 0.6 is 0 Å². The summed E-state index contributed by atoms with van der Waals surface area (Å²) >= 11 is 0. The lowest BCUT2D eigenvalue weighted by Crippen LogP contribution is -2.27. The Morgan fingerprint density at radius 2 is 0.984 bits per heavy atom. The van der Waals surface area contributed by atoms with Crippen LogP contribution < -0.4 is 0 Å². The highest BCUT2D eigenvalue weighted by atomic mass is 16.3. The Labute approximate surface area is 372 Å². The summed E-state index contributed by atoms with van der Waals surface area (Å²) in [7, 11) is 0. The summed E-state index contributed by atoms with van der Waals surface area (Å²) in [5.74, 6) is 2.68. The second-order valence-electron chi connectivity index (χ2n) is 21.7. The fourth-order valence-electron chi connectivity index (χ4n) is 13.4. The molecule has 0 saturated carbocycles. The average Bonchev–Trinajstić information content (AvgIpc) is 3.94. The molecule has 7 aromatic carbocycles. The van der Waals surface area contributed by atoms with Crippen LogP contribution in [0.25, 0.3) is 72.0 Å². The molecule has 0 spiro atoms. The summed E-state index contributed by atoms with van der Waals surface area (Å²) in [6, 6.07) is 46.6. The summed E-state index contributed by atoms with van der Waals surface area (Å²) in [4.78, 5) is 0. The third-order valence-electron chi connectivity index (χ3n) is 17.2. The first-order valence-corrected chi connectivity index (χ1v) is 23.2. The van der Waals surface area contributed by atoms with E-state index in [-0.39, 0.29) is 21.7 Å². The van der Waals surface area contributed by atoms with Gasteiger partial charge in [-0.15, -0.1) is 0 Å². The van der Waals surface area contributed by atoms with Gasteiger partial charge in [0.1, 0.15) is 11.5 Å². The standard InChI is InChI=1S/C62H54O/c1-33-34(2)58(38-20-24-42-44-30-54-46(32-52(44)62(9,10)50(42)28-38)56-40-18-14-12-16-36(40)22-26-48(56)60(54,5)6)63-57(33)37-19-23-41-43-29-53-45(31-51(43)61(7,8)49(41)27-37)55-39-17-13-11-15-35(39)21-25-47(55)59(53,3)4/h11-32,43,51H,1-10H3. The number of hydrogen-bond acceptors (Lipinski definition) is 1. The second-order valence-corrected chi connectivity index (χ2v) is 21.7. The lowest BCUT2D eigenvalue weighted by molar-refractivity contribution is 0.393. The van der Waals surface area contributed by atoms with Crippen molar-refractivity contribution in [2.75, 3.05) is 0 Å². The van der Waals surface area contributed by atoms with Crippen LogP contribution in [0.2, 0.25) is 0 Å². The van der Waals surface area contributed by atoms with Crippen molar-refractivity contribution in [2.24, 2.45) is 5.92 Å². The smallest absolute Gasteiger partial charge is 0.138 e. The highest BCUT2D eigenvalue weighted by Crippen LogP contribution is 2.62. The Kier molecular flexibility index (Phi) is 7.05. The first kappa shape index (κ1) is 37.4. The van der Waals surface area contributed by atoms with Crippen molar-refractivity contribution >= 4 is 27.1 Å². The maximum absolute atomic E-state index is 7.09. The lowest BCUT2D eigenvalue weighted by atomic mass is 9.70. The van der Waals surface area contributed by atoms with Crippen LogP contribution in [0.4, 0.5) is 0 Å². The van der Waals surface area contributed by atoms with Gasteiger partial charge in [0.25, 0.3) is 0 Å². The Balaban J connectivity index is 0.875. The minimum Gasteiger partial charge on any atom is -0.456 e. The molecule has 1 nitrogen and oxygen atoms in total. The molecule has 1 heterocycles. The molecule has 63 heavy (non-hydrogen) atoms. The first-order chi connectivity index (χ1) is 30.1. The quantitative estimate of drug-likeness (QED) is 0.169. The number of rotatable bonds is 2. The van der Waals surface area contributed by atoms with Gasteiger partial charge in [-0.05, 0) is 160 Å². The van der Waals surface area contributed by atoms with E-state index in [1.807, 2.05) is 0 Å². The predicted molar refractivity (Wildman–Crippen MR) is 264 cm³/mol. The third-order valence-corrected chi connectivity index (χ3v) is 17.2. The van der Waals surface area contributed by atoms with E-state index in [4.69, 9.17) is 4.42 Å². The number of fused-ring (bicyclic) bond motifs is 16. The zero-order valence-corrected chi connectivity index (χ0v) is 38.3. The van der Waals surface area contributed by atoms with Crippen LogP contribution in [0.15, 0.2) is 143 Å². The summed E-state index contributed by atoms with van der Waals surface area (Å²) in [6.07, 6.45) is 5.30. The van der Waals surface area contributed by atoms with E-state index in [9.17, 15) is 0 Å². The van der Waals surface area contributed by atoms with E-state index >= 15 is 0 Å². The van der Waals surface area contributed by atoms with Gasteiger partial charge in [0.15, 0.2) is 0 Å². The number of benzene rings is 7. The molecular formula is C62H54O. The number of furan rings is 1. The average molecular weight is 815 g/mol. The Bertz CT molecular complexity index is 3480. The van der Waals surface area contributed by atoms with E-state index in [0.717, 1.165) is 17.1 Å². The van der Waals surface area contributed by atoms with Crippen LogP contribution in [0.5, 0.6) is 0 Å². The molecule has 308 valence electrons.